The van der Waals surface area contributed by atoms with E-state index in [1.807, 2.05) is 37.3 Å². The van der Waals surface area contributed by atoms with Gasteiger partial charge in [-0.2, -0.15) is 5.10 Å². The van der Waals surface area contributed by atoms with Crippen LogP contribution in [0.5, 0.6) is 0 Å². The molecular weight excluding hydrogens is 430 g/mol. The number of hydrogen-bond acceptors (Lipinski definition) is 7. The highest BCUT2D eigenvalue weighted by atomic mass is 32.1. The maximum absolute atomic E-state index is 5.58. The van der Waals surface area contributed by atoms with E-state index in [1.54, 1.807) is 29.7 Å². The molecule has 0 saturated carbocycles. The second-order valence-electron chi connectivity index (χ2n) is 7.46. The largest absolute Gasteiger partial charge is 0.378 e. The van der Waals surface area contributed by atoms with Gasteiger partial charge in [-0.05, 0) is 49.8 Å². The Hall–Kier alpha value is -3.51. The van der Waals surface area contributed by atoms with E-state index in [1.165, 1.54) is 0 Å². The van der Waals surface area contributed by atoms with Gasteiger partial charge in [0.15, 0.2) is 11.6 Å². The van der Waals surface area contributed by atoms with Crippen LogP contribution in [0.2, 0.25) is 0 Å². The summed E-state index contributed by atoms with van der Waals surface area (Å²) < 4.78 is 6.67. The summed E-state index contributed by atoms with van der Waals surface area (Å²) in [6.07, 6.45) is 9.17. The number of fused-ring (bicyclic) bond motifs is 1. The minimum atomic E-state index is 0.701. The molecule has 4 rings (SSSR count). The molecule has 1 N–H and O–H groups in total. The summed E-state index contributed by atoms with van der Waals surface area (Å²) in [6.45, 7) is 10.7. The lowest BCUT2D eigenvalue weighted by Crippen LogP contribution is -2.36. The van der Waals surface area contributed by atoms with Crippen molar-refractivity contribution in [3.8, 4) is 11.4 Å². The van der Waals surface area contributed by atoms with E-state index in [0.717, 1.165) is 50.8 Å². The first-order chi connectivity index (χ1) is 16.2. The first kappa shape index (κ1) is 22.7. The van der Waals surface area contributed by atoms with Crippen LogP contribution in [-0.2, 0) is 4.74 Å². The normalized spacial score (nSPS) is 14.4. The lowest BCUT2D eigenvalue weighted by Gasteiger charge is -2.28. The standard InChI is InChI=1S/C26H27N5OS/c1-4-6-7-8-10-19(3)23-18-22-24(33-23)26(31-13-15-32-16-14-31)29-25(28-22)20-11-9-12-21(17-20)30-27-5-2/h4-6,8-12,17-18,30H,1,13-16H2,2-3H3/b19-10+,27-5-. The quantitative estimate of drug-likeness (QED) is 0.207. The second kappa shape index (κ2) is 10.9. The van der Waals surface area contributed by atoms with Gasteiger partial charge in [-0.1, -0.05) is 30.9 Å². The van der Waals surface area contributed by atoms with Gasteiger partial charge < -0.3 is 9.64 Å². The summed E-state index contributed by atoms with van der Waals surface area (Å²) in [4.78, 5) is 13.4. The minimum absolute atomic E-state index is 0.701. The highest BCUT2D eigenvalue weighted by molar-refractivity contribution is 7.20. The summed E-state index contributed by atoms with van der Waals surface area (Å²) in [7, 11) is 0. The van der Waals surface area contributed by atoms with Crippen LogP contribution in [-0.4, -0.2) is 42.5 Å². The van der Waals surface area contributed by atoms with Gasteiger partial charge in [-0.15, -0.1) is 17.1 Å². The van der Waals surface area contributed by atoms with Crippen LogP contribution in [0.15, 0.2) is 72.0 Å². The number of hydrazone groups is 1. The Bertz CT molecular complexity index is 1260. The van der Waals surface area contributed by atoms with E-state index in [9.17, 15) is 0 Å². The van der Waals surface area contributed by atoms with Gasteiger partial charge in [-0.3, -0.25) is 5.43 Å². The average molecular weight is 458 g/mol. The van der Waals surface area contributed by atoms with Gasteiger partial charge in [0.2, 0.25) is 0 Å². The van der Waals surface area contributed by atoms with Gasteiger partial charge in [0.1, 0.15) is 0 Å². The molecule has 1 aliphatic heterocycles. The van der Waals surface area contributed by atoms with Crippen molar-refractivity contribution in [1.82, 2.24) is 9.97 Å². The van der Waals surface area contributed by atoms with Crippen LogP contribution in [0.3, 0.4) is 0 Å². The number of allylic oxidation sites excluding steroid dienone is 4. The third-order valence-electron chi connectivity index (χ3n) is 5.14. The van der Waals surface area contributed by atoms with Gasteiger partial charge in [0.05, 0.1) is 29.1 Å². The maximum Gasteiger partial charge on any atom is 0.162 e. The number of morpholine rings is 1. The molecule has 1 aromatic carbocycles. The zero-order valence-electron chi connectivity index (χ0n) is 18.9. The fraction of sp³-hybridized carbons (Fsp3) is 0.231. The molecule has 0 amide bonds. The van der Waals surface area contributed by atoms with Crippen LogP contribution in [0.4, 0.5) is 11.5 Å². The number of thiophene rings is 1. The molecular formula is C26H27N5OS. The molecule has 3 heterocycles. The van der Waals surface area contributed by atoms with Gasteiger partial charge in [0.25, 0.3) is 0 Å². The Morgan fingerprint density at radius 3 is 2.88 bits per heavy atom. The van der Waals surface area contributed by atoms with E-state index in [-0.39, 0.29) is 0 Å². The van der Waals surface area contributed by atoms with E-state index >= 15 is 0 Å². The minimum Gasteiger partial charge on any atom is -0.378 e. The number of benzene rings is 1. The predicted molar refractivity (Wildman–Crippen MR) is 140 cm³/mol. The molecule has 3 aromatic rings. The lowest BCUT2D eigenvalue weighted by atomic mass is 10.2. The summed E-state index contributed by atoms with van der Waals surface area (Å²) in [6, 6.07) is 10.2. The van der Waals surface area contributed by atoms with Crippen LogP contribution in [0.1, 0.15) is 18.7 Å². The number of nitrogens with one attached hydrogen (secondary N) is 1. The highest BCUT2D eigenvalue weighted by Crippen LogP contribution is 2.37. The number of rotatable bonds is 7. The lowest BCUT2D eigenvalue weighted by molar-refractivity contribution is 0.122. The van der Waals surface area contributed by atoms with E-state index < -0.39 is 0 Å². The van der Waals surface area contributed by atoms with Crippen molar-refractivity contribution in [2.24, 2.45) is 5.10 Å². The molecule has 33 heavy (non-hydrogen) atoms. The molecule has 0 unspecified atom stereocenters. The van der Waals surface area contributed by atoms with Crippen molar-refractivity contribution in [3.63, 3.8) is 0 Å². The zero-order valence-corrected chi connectivity index (χ0v) is 19.7. The maximum atomic E-state index is 5.58. The monoisotopic (exact) mass is 457 g/mol. The Morgan fingerprint density at radius 2 is 2.09 bits per heavy atom. The topological polar surface area (TPSA) is 62.6 Å². The van der Waals surface area contributed by atoms with Gasteiger partial charge in [0, 0.05) is 29.7 Å². The van der Waals surface area contributed by atoms with Crippen molar-refractivity contribution >= 4 is 44.8 Å². The molecule has 0 spiro atoms. The molecule has 6 nitrogen and oxygen atoms in total. The van der Waals surface area contributed by atoms with Crippen LogP contribution in [0, 0.1) is 0 Å². The van der Waals surface area contributed by atoms with Crippen LogP contribution < -0.4 is 10.3 Å². The van der Waals surface area contributed by atoms with E-state index in [0.29, 0.717) is 19.0 Å². The molecule has 0 atom stereocenters. The molecule has 0 radical (unpaired) electrons. The van der Waals surface area contributed by atoms with Crippen molar-refractivity contribution in [2.75, 3.05) is 36.6 Å². The molecule has 1 saturated heterocycles. The smallest absolute Gasteiger partial charge is 0.162 e. The third-order valence-corrected chi connectivity index (χ3v) is 6.40. The third kappa shape index (κ3) is 5.46. The molecule has 7 heteroatoms. The van der Waals surface area contributed by atoms with Crippen molar-refractivity contribution < 1.29 is 4.74 Å². The number of aromatic nitrogens is 2. The highest BCUT2D eigenvalue weighted by Gasteiger charge is 2.20. The predicted octanol–water partition coefficient (Wildman–Crippen LogP) is 5.91. The Labute approximate surface area is 198 Å². The first-order valence-electron chi connectivity index (χ1n) is 10.9. The number of ether oxygens (including phenoxy) is 1. The first-order valence-corrected chi connectivity index (χ1v) is 11.7. The second-order valence-corrected chi connectivity index (χ2v) is 8.51. The van der Waals surface area contributed by atoms with Crippen molar-refractivity contribution in [2.45, 2.75) is 13.8 Å². The summed E-state index contributed by atoms with van der Waals surface area (Å²) in [5.41, 5.74) is 10.0. The van der Waals surface area contributed by atoms with Crippen LogP contribution >= 0.6 is 11.3 Å². The van der Waals surface area contributed by atoms with Gasteiger partial charge in [-0.25, -0.2) is 9.97 Å². The molecule has 0 bridgehead atoms. The van der Waals surface area contributed by atoms with E-state index in [2.05, 4.69) is 46.8 Å². The average Bonchev–Trinajstić information content (AvgIpc) is 3.30. The van der Waals surface area contributed by atoms with Gasteiger partial charge >= 0.3 is 0 Å². The molecule has 1 fully saturated rings. The van der Waals surface area contributed by atoms with Crippen molar-refractivity contribution in [3.05, 3.63) is 71.8 Å². The number of nitrogens with zero attached hydrogens (tertiary/aromatic N) is 4. The Balaban J connectivity index is 1.80. The van der Waals surface area contributed by atoms with Crippen LogP contribution in [0.25, 0.3) is 27.2 Å². The Kier molecular flexibility index (Phi) is 7.47. The van der Waals surface area contributed by atoms with Crippen molar-refractivity contribution in [1.29, 1.82) is 0 Å². The SMILES string of the molecule is C=CC=C=C/C=C(\C)c1cc2nc(-c3cccc(N/N=C\C)c3)nc(N3CCOCC3)c2s1. The summed E-state index contributed by atoms with van der Waals surface area (Å²) in [5, 5.41) is 4.12. The molecule has 168 valence electrons. The summed E-state index contributed by atoms with van der Waals surface area (Å²) in [5.74, 6) is 1.67. The zero-order chi connectivity index (χ0) is 23.0. The summed E-state index contributed by atoms with van der Waals surface area (Å²) >= 11 is 1.72. The number of hydrogen-bond donors (Lipinski definition) is 1. The molecule has 1 aliphatic rings. The van der Waals surface area contributed by atoms with E-state index in [4.69, 9.17) is 14.7 Å². The fourth-order valence-corrected chi connectivity index (χ4v) is 4.57. The molecule has 0 aliphatic carbocycles. The fourth-order valence-electron chi connectivity index (χ4n) is 3.47. The number of anilines is 2. The molecule has 2 aromatic heterocycles. The Morgan fingerprint density at radius 1 is 1.24 bits per heavy atom.